The smallest absolute Gasteiger partial charge is 0.251 e. The fourth-order valence-electron chi connectivity index (χ4n) is 2.86. The molecule has 0 unspecified atom stereocenters. The minimum absolute atomic E-state index is 0.169. The number of nitrogens with one attached hydrogen (secondary N) is 2. The lowest BCUT2D eigenvalue weighted by atomic mass is 10.2. The van der Waals surface area contributed by atoms with Gasteiger partial charge in [-0.25, -0.2) is 4.98 Å². The van der Waals surface area contributed by atoms with Gasteiger partial charge < -0.3 is 29.6 Å². The summed E-state index contributed by atoms with van der Waals surface area (Å²) in [6.07, 6.45) is 1.61. The van der Waals surface area contributed by atoms with Crippen molar-refractivity contribution in [1.82, 2.24) is 15.6 Å². The van der Waals surface area contributed by atoms with Gasteiger partial charge in [0.1, 0.15) is 11.5 Å². The van der Waals surface area contributed by atoms with Crippen molar-refractivity contribution in [1.29, 1.82) is 0 Å². The van der Waals surface area contributed by atoms with Gasteiger partial charge in [-0.15, -0.1) is 0 Å². The van der Waals surface area contributed by atoms with E-state index in [0.29, 0.717) is 34.4 Å². The molecule has 0 spiro atoms. The van der Waals surface area contributed by atoms with E-state index >= 15 is 0 Å². The zero-order valence-corrected chi connectivity index (χ0v) is 18.6. The molecular weight excluding hydrogens is 426 g/mol. The zero-order valence-electron chi connectivity index (χ0n) is 18.6. The van der Waals surface area contributed by atoms with Gasteiger partial charge in [-0.3, -0.25) is 9.59 Å². The molecule has 172 valence electrons. The average molecular weight is 451 g/mol. The highest BCUT2D eigenvalue weighted by Gasteiger charge is 2.12. The van der Waals surface area contributed by atoms with E-state index in [0.717, 1.165) is 5.56 Å². The molecule has 0 bridgehead atoms. The van der Waals surface area contributed by atoms with E-state index in [1.54, 1.807) is 55.8 Å². The molecule has 0 saturated carbocycles. The molecule has 9 nitrogen and oxygen atoms in total. The summed E-state index contributed by atoms with van der Waals surface area (Å²) in [6, 6.07) is 15.5. The number of ether oxygens (including phenoxy) is 4. The van der Waals surface area contributed by atoms with Crippen LogP contribution in [-0.2, 0) is 11.3 Å². The van der Waals surface area contributed by atoms with Gasteiger partial charge in [0, 0.05) is 30.4 Å². The van der Waals surface area contributed by atoms with Crippen molar-refractivity contribution < 1.29 is 28.5 Å². The van der Waals surface area contributed by atoms with Crippen LogP contribution in [0.5, 0.6) is 28.9 Å². The molecule has 9 heteroatoms. The van der Waals surface area contributed by atoms with E-state index in [-0.39, 0.29) is 19.0 Å². The van der Waals surface area contributed by atoms with Gasteiger partial charge in [-0.1, -0.05) is 12.1 Å². The average Bonchev–Trinajstić information content (AvgIpc) is 2.86. The summed E-state index contributed by atoms with van der Waals surface area (Å²) in [5.41, 5.74) is 1.14. The number of pyridine rings is 1. The highest BCUT2D eigenvalue weighted by Crippen LogP contribution is 2.27. The normalized spacial score (nSPS) is 10.2. The molecule has 0 aliphatic carbocycles. The first kappa shape index (κ1) is 23.4. The maximum atomic E-state index is 12.3. The van der Waals surface area contributed by atoms with Crippen molar-refractivity contribution in [3.8, 4) is 28.9 Å². The van der Waals surface area contributed by atoms with Crippen molar-refractivity contribution >= 4 is 11.8 Å². The Kier molecular flexibility index (Phi) is 8.07. The number of nitrogens with zero attached hydrogens (tertiary/aromatic N) is 1. The quantitative estimate of drug-likeness (QED) is 0.488. The highest BCUT2D eigenvalue weighted by molar-refractivity contribution is 5.97. The number of rotatable bonds is 10. The van der Waals surface area contributed by atoms with Gasteiger partial charge in [0.25, 0.3) is 5.91 Å². The second-order valence-electron chi connectivity index (χ2n) is 6.81. The molecule has 2 aromatic carbocycles. The first-order valence-electron chi connectivity index (χ1n) is 10.1. The Bertz CT molecular complexity index is 1100. The predicted molar refractivity (Wildman–Crippen MR) is 121 cm³/mol. The Morgan fingerprint density at radius 1 is 0.848 bits per heavy atom. The molecule has 3 rings (SSSR count). The summed E-state index contributed by atoms with van der Waals surface area (Å²) in [7, 11) is 4.58. The summed E-state index contributed by atoms with van der Waals surface area (Å²) in [5.74, 6) is 1.92. The summed E-state index contributed by atoms with van der Waals surface area (Å²) in [6.45, 7) is 0.0924. The van der Waals surface area contributed by atoms with Gasteiger partial charge in [0.15, 0.2) is 11.5 Å². The van der Waals surface area contributed by atoms with E-state index in [9.17, 15) is 9.59 Å². The molecule has 0 fully saturated rings. The van der Waals surface area contributed by atoms with Crippen LogP contribution in [0.4, 0.5) is 0 Å². The number of aromatic nitrogens is 1. The van der Waals surface area contributed by atoms with Crippen molar-refractivity contribution in [3.63, 3.8) is 0 Å². The Hall–Kier alpha value is -4.27. The molecular formula is C24H25N3O6. The fraction of sp³-hybridized carbons (Fsp3) is 0.208. The maximum absolute atomic E-state index is 12.3. The van der Waals surface area contributed by atoms with Gasteiger partial charge >= 0.3 is 0 Å². The molecule has 0 aliphatic heterocycles. The SMILES string of the molecule is COc1cccc(Oc2ccc(CNC(=O)CNC(=O)c3ccc(OC)c(OC)c3)cn2)c1. The lowest BCUT2D eigenvalue weighted by Crippen LogP contribution is -2.36. The van der Waals surface area contributed by atoms with Crippen molar-refractivity contribution in [2.24, 2.45) is 0 Å². The number of carbonyl (C=O) groups is 2. The predicted octanol–water partition coefficient (Wildman–Crippen LogP) is 2.95. The second kappa shape index (κ2) is 11.4. The van der Waals surface area contributed by atoms with Crippen molar-refractivity contribution in [2.45, 2.75) is 6.54 Å². The number of benzene rings is 2. The van der Waals surface area contributed by atoms with Crippen LogP contribution < -0.4 is 29.6 Å². The second-order valence-corrected chi connectivity index (χ2v) is 6.81. The molecule has 2 amide bonds. The molecule has 1 heterocycles. The van der Waals surface area contributed by atoms with E-state index in [1.165, 1.54) is 14.2 Å². The van der Waals surface area contributed by atoms with Crippen molar-refractivity contribution in [3.05, 3.63) is 71.9 Å². The Labute approximate surface area is 191 Å². The van der Waals surface area contributed by atoms with Crippen LogP contribution in [0.1, 0.15) is 15.9 Å². The molecule has 1 aromatic heterocycles. The minimum atomic E-state index is -0.396. The number of methoxy groups -OCH3 is 3. The van der Waals surface area contributed by atoms with Crippen LogP contribution in [0.3, 0.4) is 0 Å². The van der Waals surface area contributed by atoms with E-state index in [1.807, 2.05) is 12.1 Å². The third-order valence-electron chi connectivity index (χ3n) is 4.61. The number of hydrogen-bond donors (Lipinski definition) is 2. The van der Waals surface area contributed by atoms with Gasteiger partial charge in [-0.2, -0.15) is 0 Å². The van der Waals surface area contributed by atoms with Crippen LogP contribution in [-0.4, -0.2) is 44.7 Å². The van der Waals surface area contributed by atoms with E-state index in [2.05, 4.69) is 15.6 Å². The Balaban J connectivity index is 1.46. The summed E-state index contributed by atoms with van der Waals surface area (Å²) in [5, 5.41) is 5.31. The van der Waals surface area contributed by atoms with Crippen LogP contribution in [0, 0.1) is 0 Å². The van der Waals surface area contributed by atoms with Crippen molar-refractivity contribution in [2.75, 3.05) is 27.9 Å². The Morgan fingerprint density at radius 3 is 2.33 bits per heavy atom. The lowest BCUT2D eigenvalue weighted by Gasteiger charge is -2.10. The van der Waals surface area contributed by atoms with Crippen LogP contribution >= 0.6 is 0 Å². The molecule has 33 heavy (non-hydrogen) atoms. The molecule has 2 N–H and O–H groups in total. The maximum Gasteiger partial charge on any atom is 0.251 e. The molecule has 0 atom stereocenters. The lowest BCUT2D eigenvalue weighted by molar-refractivity contribution is -0.120. The third-order valence-corrected chi connectivity index (χ3v) is 4.61. The largest absolute Gasteiger partial charge is 0.497 e. The topological polar surface area (TPSA) is 108 Å². The first-order valence-corrected chi connectivity index (χ1v) is 10.1. The molecule has 0 aliphatic rings. The molecule has 3 aromatic rings. The number of hydrogen-bond acceptors (Lipinski definition) is 7. The summed E-state index contributed by atoms with van der Waals surface area (Å²) in [4.78, 5) is 28.7. The number of carbonyl (C=O) groups excluding carboxylic acids is 2. The van der Waals surface area contributed by atoms with Crippen LogP contribution in [0.2, 0.25) is 0 Å². The summed E-state index contributed by atoms with van der Waals surface area (Å²) >= 11 is 0. The highest BCUT2D eigenvalue weighted by atomic mass is 16.5. The minimum Gasteiger partial charge on any atom is -0.497 e. The standard InChI is InChI=1S/C24H25N3O6/c1-30-18-5-4-6-19(12-18)33-23-10-7-16(14-26-23)13-25-22(28)15-27-24(29)17-8-9-20(31-2)21(11-17)32-3/h4-12,14H,13,15H2,1-3H3,(H,25,28)(H,27,29). The third kappa shape index (κ3) is 6.60. The molecule has 0 radical (unpaired) electrons. The number of amides is 2. The first-order chi connectivity index (χ1) is 16.0. The zero-order chi connectivity index (χ0) is 23.6. The monoisotopic (exact) mass is 451 g/mol. The molecule has 0 saturated heterocycles. The van der Waals surface area contributed by atoms with Gasteiger partial charge in [-0.05, 0) is 35.9 Å². The van der Waals surface area contributed by atoms with E-state index in [4.69, 9.17) is 18.9 Å². The van der Waals surface area contributed by atoms with Crippen LogP contribution in [0.15, 0.2) is 60.8 Å². The fourth-order valence-corrected chi connectivity index (χ4v) is 2.86. The van der Waals surface area contributed by atoms with Gasteiger partial charge in [0.2, 0.25) is 11.8 Å². The van der Waals surface area contributed by atoms with Gasteiger partial charge in [0.05, 0.1) is 27.9 Å². The Morgan fingerprint density at radius 2 is 1.64 bits per heavy atom. The summed E-state index contributed by atoms with van der Waals surface area (Å²) < 4.78 is 21.2. The van der Waals surface area contributed by atoms with Crippen LogP contribution in [0.25, 0.3) is 0 Å². The van der Waals surface area contributed by atoms with E-state index < -0.39 is 5.91 Å².